The summed E-state index contributed by atoms with van der Waals surface area (Å²) in [4.78, 5) is 201. The Morgan fingerprint density at radius 3 is 0.972 bits per heavy atom. The normalized spacial score (nSPS) is 21.3. The number of carbonyl (C=O) groups is 16. The first-order chi connectivity index (χ1) is 67.5. The van der Waals surface area contributed by atoms with Crippen LogP contribution in [0.3, 0.4) is 0 Å². The van der Waals surface area contributed by atoms with Gasteiger partial charge in [0.2, 0.25) is 41.4 Å². The van der Waals surface area contributed by atoms with Crippen LogP contribution in [0.1, 0.15) is 160 Å². The van der Waals surface area contributed by atoms with Crippen molar-refractivity contribution in [2.24, 2.45) is 0 Å². The summed E-state index contributed by atoms with van der Waals surface area (Å²) in [5.74, 6) is -10.2. The number of hydrogen-bond acceptors (Lipinski definition) is 42. The van der Waals surface area contributed by atoms with Gasteiger partial charge in [0.1, 0.15) is 82.1 Å². The molecule has 3 aliphatic heterocycles. The van der Waals surface area contributed by atoms with E-state index >= 15 is 0 Å². The lowest BCUT2D eigenvalue weighted by Crippen LogP contribution is -2.66. The molecule has 0 spiro atoms. The van der Waals surface area contributed by atoms with Crippen LogP contribution in [0.5, 0.6) is 0 Å². The minimum Gasteiger partial charge on any atom is -0.463 e. The van der Waals surface area contributed by atoms with Crippen molar-refractivity contribution in [2.45, 2.75) is 271 Å². The van der Waals surface area contributed by atoms with Gasteiger partial charge in [0.15, 0.2) is 55.5 Å². The van der Waals surface area contributed by atoms with Gasteiger partial charge in [-0.3, -0.25) is 76.7 Å². The molecule has 3 fully saturated rings. The third-order valence-electron chi connectivity index (χ3n) is 20.2. The number of carbonyl (C=O) groups excluding carboxylic acids is 16. The molecular formula is C92H148N8O41. The van der Waals surface area contributed by atoms with Crippen LogP contribution >= 0.6 is 0 Å². The largest absolute Gasteiger partial charge is 0.463 e. The molecule has 49 nitrogen and oxygen atoms in total. The van der Waals surface area contributed by atoms with Gasteiger partial charge in [0.05, 0.1) is 132 Å². The van der Waals surface area contributed by atoms with Crippen molar-refractivity contribution in [3.8, 4) is 0 Å². The summed E-state index contributed by atoms with van der Waals surface area (Å²) in [5.41, 5.74) is 1.06. The van der Waals surface area contributed by atoms with Crippen LogP contribution in [0.25, 0.3) is 0 Å². The van der Waals surface area contributed by atoms with Crippen LogP contribution in [-0.4, -0.2) is 390 Å². The molecule has 0 aliphatic carbocycles. The molecule has 49 heteroatoms. The predicted octanol–water partition coefficient (Wildman–Crippen LogP) is -0.548. The molecule has 802 valence electrons. The molecule has 0 radical (unpaired) electrons. The predicted molar refractivity (Wildman–Crippen MR) is 487 cm³/mol. The molecule has 0 aromatic heterocycles. The summed E-state index contributed by atoms with van der Waals surface area (Å²) in [7, 11) is 0. The Balaban J connectivity index is 1.32. The zero-order valence-electron chi connectivity index (χ0n) is 83.1. The van der Waals surface area contributed by atoms with Gasteiger partial charge in [-0.1, -0.05) is 57.0 Å². The third kappa shape index (κ3) is 56.1. The van der Waals surface area contributed by atoms with E-state index < -0.39 is 219 Å². The Hall–Kier alpha value is -9.94. The number of ether oxygens (including phenoxy) is 25. The minimum absolute atomic E-state index is 0.000607. The monoisotopic (exact) mass is 2020 g/mol. The van der Waals surface area contributed by atoms with E-state index in [0.717, 1.165) is 66.4 Å². The molecular weight excluding hydrogens is 1870 g/mol. The summed E-state index contributed by atoms with van der Waals surface area (Å²) in [6.07, 6.45) is -9.96. The summed E-state index contributed by atoms with van der Waals surface area (Å²) in [5, 5.41) is 22.6. The Kier molecular flexibility index (Phi) is 64.0. The van der Waals surface area contributed by atoms with E-state index in [1.807, 2.05) is 44.2 Å². The molecule has 3 heterocycles. The topological polar surface area (TPSA) is 600 Å². The summed E-state index contributed by atoms with van der Waals surface area (Å²) in [6.45, 7) is 16.6. The fourth-order valence-corrected chi connectivity index (χ4v) is 14.3. The van der Waals surface area contributed by atoms with E-state index in [1.54, 1.807) is 0 Å². The van der Waals surface area contributed by atoms with Crippen LogP contribution in [-0.2, 0) is 202 Å². The number of esters is 9. The average molecular weight is 2020 g/mol. The zero-order valence-corrected chi connectivity index (χ0v) is 83.1. The second kappa shape index (κ2) is 73.2. The Labute approximate surface area is 821 Å². The molecule has 0 unspecified atom stereocenters. The van der Waals surface area contributed by atoms with Crippen molar-refractivity contribution in [1.82, 2.24) is 42.5 Å². The number of unbranched alkanes of at least 4 members (excludes halogenated alkanes) is 5. The van der Waals surface area contributed by atoms with Crippen LogP contribution in [0.15, 0.2) is 30.3 Å². The van der Waals surface area contributed by atoms with E-state index in [2.05, 4.69) is 42.5 Å². The SMILES string of the molecule is CC(=O)N[C@H]1[C@H](OCCOCCOCCOCC(=O)NCCCC[C@H](NC(=O)[C@H](CCCCNC(=O)COCCOCCOCCO[C@@H]2O[C@H](COC(C)=O)[C@H](OC(C)=O)[C@H](OC(C)=O)[C@H]2NC(C)C)NC(=O)COCCOCCOCCO[C@@H]2O[C@H](COC(C)=O)[C@H](OC(C)=O)[C@H](OC(C)=O)[C@H]2NC(C)=O)C(=O)NCCCCCCOCc2ccccc2)O[C@H](COC(C)=O)[C@H](OC(C)=O)[C@@H]1OC(C)=O. The highest BCUT2D eigenvalue weighted by Crippen LogP contribution is 2.32. The highest BCUT2D eigenvalue weighted by molar-refractivity contribution is 5.92. The van der Waals surface area contributed by atoms with Gasteiger partial charge in [0.25, 0.3) is 0 Å². The van der Waals surface area contributed by atoms with E-state index in [0.29, 0.717) is 38.9 Å². The van der Waals surface area contributed by atoms with Crippen molar-refractivity contribution in [3.63, 3.8) is 0 Å². The van der Waals surface area contributed by atoms with Crippen molar-refractivity contribution < 1.29 is 195 Å². The maximum atomic E-state index is 14.5. The number of nitrogens with one attached hydrogen (secondary N) is 8. The van der Waals surface area contributed by atoms with Crippen molar-refractivity contribution in [3.05, 3.63) is 35.9 Å². The van der Waals surface area contributed by atoms with Gasteiger partial charge in [0, 0.05) is 108 Å². The fourth-order valence-electron chi connectivity index (χ4n) is 14.3. The maximum absolute atomic E-state index is 14.5. The lowest BCUT2D eigenvalue weighted by atomic mass is 9.95. The average Bonchev–Trinajstić information content (AvgIpc) is 0.794. The molecule has 17 atom stereocenters. The molecule has 0 saturated carbocycles. The van der Waals surface area contributed by atoms with E-state index in [4.69, 9.17) is 118 Å². The molecule has 1 aromatic rings. The van der Waals surface area contributed by atoms with Gasteiger partial charge in [-0.25, -0.2) is 0 Å². The van der Waals surface area contributed by atoms with Crippen LogP contribution < -0.4 is 42.5 Å². The molecule has 7 amide bonds. The molecule has 141 heavy (non-hydrogen) atoms. The molecule has 3 aliphatic rings. The van der Waals surface area contributed by atoms with Crippen molar-refractivity contribution in [2.75, 3.05) is 185 Å². The first kappa shape index (κ1) is 123. The number of amides is 7. The van der Waals surface area contributed by atoms with E-state index in [1.165, 1.54) is 34.6 Å². The number of benzene rings is 1. The van der Waals surface area contributed by atoms with Gasteiger partial charge >= 0.3 is 53.7 Å². The first-order valence-electron chi connectivity index (χ1n) is 47.3. The summed E-state index contributed by atoms with van der Waals surface area (Å²) in [6, 6.07) is 4.15. The second-order valence-corrected chi connectivity index (χ2v) is 32.8. The van der Waals surface area contributed by atoms with Crippen LogP contribution in [0, 0.1) is 0 Å². The first-order valence-corrected chi connectivity index (χ1v) is 47.3. The minimum atomic E-state index is -1.32. The smallest absolute Gasteiger partial charge is 0.303 e. The molecule has 1 aromatic carbocycles. The lowest BCUT2D eigenvalue weighted by Gasteiger charge is -2.45. The van der Waals surface area contributed by atoms with Gasteiger partial charge in [-0.05, 0) is 56.9 Å². The molecule has 4 rings (SSSR count). The highest BCUT2D eigenvalue weighted by atomic mass is 16.7. The maximum Gasteiger partial charge on any atom is 0.303 e. The quantitative estimate of drug-likeness (QED) is 0.0230. The Morgan fingerprint density at radius 1 is 0.305 bits per heavy atom. The second-order valence-electron chi connectivity index (χ2n) is 32.8. The van der Waals surface area contributed by atoms with Crippen LogP contribution in [0.2, 0.25) is 0 Å². The van der Waals surface area contributed by atoms with Gasteiger partial charge < -0.3 is 161 Å². The zero-order chi connectivity index (χ0) is 104. The highest BCUT2D eigenvalue weighted by Gasteiger charge is 2.54. The summed E-state index contributed by atoms with van der Waals surface area (Å²) < 4.78 is 141. The molecule has 8 N–H and O–H groups in total. The third-order valence-corrected chi connectivity index (χ3v) is 20.2. The molecule has 0 bridgehead atoms. The van der Waals surface area contributed by atoms with Gasteiger partial charge in [-0.2, -0.15) is 0 Å². The van der Waals surface area contributed by atoms with Gasteiger partial charge in [-0.15, -0.1) is 0 Å². The van der Waals surface area contributed by atoms with Crippen molar-refractivity contribution >= 4 is 95.1 Å². The molecule has 3 saturated heterocycles. The summed E-state index contributed by atoms with van der Waals surface area (Å²) >= 11 is 0. The fraction of sp³-hybridized carbons (Fsp3) is 0.761. The van der Waals surface area contributed by atoms with Crippen molar-refractivity contribution in [1.29, 1.82) is 0 Å². The van der Waals surface area contributed by atoms with E-state index in [-0.39, 0.29) is 184 Å². The lowest BCUT2D eigenvalue weighted by molar-refractivity contribution is -0.280. The van der Waals surface area contributed by atoms with Crippen LogP contribution in [0.4, 0.5) is 0 Å². The standard InChI is InChI=1S/C92H148N8O41/c1-58(2)96-79-85(136-67(11)109)82(133-64(8)106)73(52-130-61(5)103)139-90(79)127-48-45-120-36-33-117-39-43-125-56-77(113)94-30-23-20-28-72(99-78(114)57-126-44-41-119-35-38-122-47-50-129-92-81(98-60(4)102)87(138-69(13)111)84(135-66(10)108)75(141-92)54-132-63(7)105)89(116)100-71(88(115)95-31-21-14-15-24-32-123-51-70-25-17-16-18-26-70)27-19-22-29-93-76(112)55-124-42-40-118-34-37-121-46-49-128-91-80(97-59(3)101)86(137-68(12)110)83(134-65(9)107)74(140-91)53-131-62(6)104/h16-18,25-26,58,71-75,79-87,90-92,96H,14-15,19-24,27-57H2,1-13H3,(H,93,112)(H,94,113)(H,95,115)(H,97,101)(H,98,102)(H,99,114)(H,100,116)/t71-,72-,73+,74+,75+,79+,80+,81+,82-,83-,84-,85+,86+,87+,90+,91+,92+/m0/s1. The number of rotatable bonds is 75. The number of hydrogen-bond donors (Lipinski definition) is 8. The Morgan fingerprint density at radius 2 is 0.617 bits per heavy atom. The van der Waals surface area contributed by atoms with E-state index in [9.17, 15) is 76.7 Å². The Bertz CT molecular complexity index is 3880.